The standard InChI is InChI=1S/C6H11O2.Li/c1-5(2)3-4-6(7)8;/h3-4H2,1-2H3,(H,7,8);. The second kappa shape index (κ2) is 3.29. The summed E-state index contributed by atoms with van der Waals surface area (Å²) in [5, 5.41) is 8.28. The van der Waals surface area contributed by atoms with E-state index in [4.69, 9.17) is 5.11 Å². The van der Waals surface area contributed by atoms with E-state index in [1.165, 1.54) is 0 Å². The van der Waals surface area contributed by atoms with Gasteiger partial charge in [0.2, 0.25) is 0 Å². The molecular formula is C6H11LiO2. The van der Waals surface area contributed by atoms with E-state index in [1.807, 2.05) is 31.6 Å². The molecule has 0 fully saturated rings. The van der Waals surface area contributed by atoms with Crippen molar-refractivity contribution in [3.63, 3.8) is 0 Å². The summed E-state index contributed by atoms with van der Waals surface area (Å²) in [4.78, 5) is 10.0. The maximum absolute atomic E-state index is 10.0. The van der Waals surface area contributed by atoms with Gasteiger partial charge in [0.05, 0.1) is 0 Å². The number of hydrogen-bond donors (Lipinski definition) is 1. The van der Waals surface area contributed by atoms with Crippen LogP contribution in [0.25, 0.3) is 0 Å². The van der Waals surface area contributed by atoms with Crippen LogP contribution in [0.3, 0.4) is 0 Å². The van der Waals surface area contributed by atoms with Crippen LogP contribution in [0.1, 0.15) is 26.7 Å². The Labute approximate surface area is 64.8 Å². The zero-order valence-corrected chi connectivity index (χ0v) is 6.27. The normalized spacial score (nSPS) is 11.6. The first-order valence-corrected chi connectivity index (χ1v) is 3.13. The van der Waals surface area contributed by atoms with Gasteiger partial charge in [-0.3, -0.25) is 0 Å². The molecule has 0 aromatic heterocycles. The molecule has 0 atom stereocenters. The van der Waals surface area contributed by atoms with Gasteiger partial charge in [0, 0.05) is 0 Å². The number of rotatable bonds is 3. The third-order valence-corrected chi connectivity index (χ3v) is 1.09. The van der Waals surface area contributed by atoms with Crippen LogP contribution in [-0.4, -0.2) is 28.8 Å². The first-order valence-electron chi connectivity index (χ1n) is 3.13. The minimum atomic E-state index is -0.704. The van der Waals surface area contributed by atoms with Crippen LogP contribution < -0.4 is 0 Å². The molecule has 0 bridgehead atoms. The van der Waals surface area contributed by atoms with E-state index in [1.54, 1.807) is 0 Å². The van der Waals surface area contributed by atoms with Crippen LogP contribution >= 0.6 is 0 Å². The zero-order chi connectivity index (χ0) is 7.49. The Kier molecular flexibility index (Phi) is 3.31. The van der Waals surface area contributed by atoms with Crippen LogP contribution in [0.4, 0.5) is 0 Å². The third-order valence-electron chi connectivity index (χ3n) is 1.09. The van der Waals surface area contributed by atoms with Gasteiger partial charge in [-0.2, -0.15) is 0 Å². The number of carboxylic acids is 1. The molecule has 0 aromatic rings. The molecule has 0 aromatic carbocycles. The molecule has 0 aliphatic rings. The fraction of sp³-hybridized carbons (Fsp3) is 0.833. The van der Waals surface area contributed by atoms with Crippen molar-refractivity contribution in [1.82, 2.24) is 0 Å². The van der Waals surface area contributed by atoms with Crippen LogP contribution in [0.2, 0.25) is 4.09 Å². The van der Waals surface area contributed by atoms with Crippen molar-refractivity contribution in [2.24, 2.45) is 0 Å². The minimum absolute atomic E-state index is 0.151. The second-order valence-corrected chi connectivity index (χ2v) is 3.45. The van der Waals surface area contributed by atoms with E-state index in [9.17, 15) is 4.79 Å². The molecular weight excluding hydrogens is 111 g/mol. The zero-order valence-electron chi connectivity index (χ0n) is 6.27. The van der Waals surface area contributed by atoms with Crippen molar-refractivity contribution in [1.29, 1.82) is 0 Å². The summed E-state index contributed by atoms with van der Waals surface area (Å²) in [6.07, 6.45) is 1.03. The molecule has 0 saturated heterocycles. The summed E-state index contributed by atoms with van der Waals surface area (Å²) in [5.41, 5.74) is 0. The summed E-state index contributed by atoms with van der Waals surface area (Å²) in [7, 11) is 0. The number of carbonyl (C=O) groups is 1. The summed E-state index contributed by atoms with van der Waals surface area (Å²) in [6, 6.07) is 0. The molecule has 0 amide bonds. The van der Waals surface area contributed by atoms with E-state index < -0.39 is 5.97 Å². The Morgan fingerprint density at radius 2 is 2.11 bits per heavy atom. The Morgan fingerprint density at radius 1 is 1.67 bits per heavy atom. The molecule has 48 valence electrons. The van der Waals surface area contributed by atoms with Gasteiger partial charge in [0.1, 0.15) is 0 Å². The molecule has 0 saturated carbocycles. The van der Waals surface area contributed by atoms with E-state index >= 15 is 0 Å². The van der Waals surface area contributed by atoms with Crippen molar-refractivity contribution in [2.75, 3.05) is 0 Å². The quantitative estimate of drug-likeness (QED) is 0.571. The molecule has 0 heterocycles. The number of aliphatic carboxylic acids is 1. The van der Waals surface area contributed by atoms with Crippen LogP contribution in [0.15, 0.2) is 0 Å². The van der Waals surface area contributed by atoms with Crippen molar-refractivity contribution in [2.45, 2.75) is 30.8 Å². The molecule has 3 heteroatoms. The van der Waals surface area contributed by atoms with Crippen LogP contribution in [0.5, 0.6) is 0 Å². The molecule has 1 N–H and O–H groups in total. The van der Waals surface area contributed by atoms with Gasteiger partial charge in [0.25, 0.3) is 0 Å². The molecule has 0 radical (unpaired) electrons. The van der Waals surface area contributed by atoms with E-state index in [0.717, 1.165) is 6.42 Å². The SMILES string of the molecule is [Li][C](C)(C)CCC(=O)O. The van der Waals surface area contributed by atoms with E-state index in [2.05, 4.69) is 0 Å². The molecule has 0 unspecified atom stereocenters. The Balaban J connectivity index is 3.39. The van der Waals surface area contributed by atoms with E-state index in [-0.39, 0.29) is 10.5 Å². The number of hydrogen-bond acceptors (Lipinski definition) is 1. The van der Waals surface area contributed by atoms with Crippen LogP contribution in [-0.2, 0) is 4.79 Å². The Bertz CT molecular complexity index is 104. The van der Waals surface area contributed by atoms with Gasteiger partial charge in [-0.15, -0.1) is 0 Å². The topological polar surface area (TPSA) is 37.3 Å². The van der Waals surface area contributed by atoms with E-state index in [0.29, 0.717) is 0 Å². The summed E-state index contributed by atoms with van der Waals surface area (Å²) in [6.45, 7) is 4.08. The monoisotopic (exact) mass is 122 g/mol. The predicted octanol–water partition coefficient (Wildman–Crippen LogP) is 1.22. The third kappa shape index (κ3) is 8.07. The van der Waals surface area contributed by atoms with Gasteiger partial charge >= 0.3 is 64.4 Å². The van der Waals surface area contributed by atoms with Gasteiger partial charge in [-0.25, -0.2) is 0 Å². The summed E-state index contributed by atoms with van der Waals surface area (Å²) in [5.74, 6) is -0.704. The Morgan fingerprint density at radius 3 is 2.22 bits per heavy atom. The average Bonchev–Trinajstić information content (AvgIpc) is 1.59. The van der Waals surface area contributed by atoms with Crippen molar-refractivity contribution >= 4 is 23.7 Å². The molecule has 0 aliphatic heterocycles. The van der Waals surface area contributed by atoms with Gasteiger partial charge in [-0.05, 0) is 0 Å². The van der Waals surface area contributed by atoms with Gasteiger partial charge in [-0.1, -0.05) is 0 Å². The predicted molar refractivity (Wildman–Crippen MR) is 36.7 cm³/mol. The molecule has 0 rings (SSSR count). The number of carboxylic acid groups (broad SMARTS) is 1. The van der Waals surface area contributed by atoms with Crippen molar-refractivity contribution < 1.29 is 9.90 Å². The van der Waals surface area contributed by atoms with Crippen molar-refractivity contribution in [3.05, 3.63) is 0 Å². The molecule has 0 spiro atoms. The average molecular weight is 122 g/mol. The van der Waals surface area contributed by atoms with Gasteiger partial charge in [0.15, 0.2) is 0 Å². The fourth-order valence-corrected chi connectivity index (χ4v) is 0.482. The van der Waals surface area contributed by atoms with Crippen molar-refractivity contribution in [3.8, 4) is 0 Å². The molecule has 0 aliphatic carbocycles. The van der Waals surface area contributed by atoms with Crippen LogP contribution in [0, 0.1) is 0 Å². The Hall–Kier alpha value is 0.0674. The first kappa shape index (κ1) is 9.07. The summed E-state index contributed by atoms with van der Waals surface area (Å²) >= 11 is 2.04. The fourth-order valence-electron chi connectivity index (χ4n) is 0.482. The molecule has 9 heavy (non-hydrogen) atoms. The second-order valence-electron chi connectivity index (χ2n) is 3.45. The van der Waals surface area contributed by atoms with Gasteiger partial charge < -0.3 is 0 Å². The maximum atomic E-state index is 10.0. The summed E-state index contributed by atoms with van der Waals surface area (Å²) < 4.78 is 0.151. The molecule has 2 nitrogen and oxygen atoms in total. The first-order chi connectivity index (χ1) is 3.92.